The lowest BCUT2D eigenvalue weighted by Gasteiger charge is -2.38. The van der Waals surface area contributed by atoms with E-state index in [4.69, 9.17) is 4.74 Å². The van der Waals surface area contributed by atoms with Crippen molar-refractivity contribution < 1.29 is 24.2 Å². The van der Waals surface area contributed by atoms with Gasteiger partial charge in [-0.15, -0.1) is 0 Å². The highest BCUT2D eigenvalue weighted by Gasteiger charge is 2.38. The predicted molar refractivity (Wildman–Crippen MR) is 129 cm³/mol. The highest BCUT2D eigenvalue weighted by molar-refractivity contribution is 5.92. The van der Waals surface area contributed by atoms with Gasteiger partial charge in [0.25, 0.3) is 0 Å². The first kappa shape index (κ1) is 28.4. The molecule has 0 aliphatic rings. The molecule has 0 fully saturated rings. The Morgan fingerprint density at radius 1 is 1.03 bits per heavy atom. The lowest BCUT2D eigenvalue weighted by molar-refractivity contribution is -0.145. The summed E-state index contributed by atoms with van der Waals surface area (Å²) in [6.45, 7) is 17.6. The molecule has 0 aromatic heterocycles. The van der Waals surface area contributed by atoms with Crippen molar-refractivity contribution in [3.05, 3.63) is 34.9 Å². The first-order valence-corrected chi connectivity index (χ1v) is 11.3. The number of nitrogens with one attached hydrogen (secondary N) is 2. The predicted octanol–water partition coefficient (Wildman–Crippen LogP) is 3.38. The largest absolute Gasteiger partial charge is 0.444 e. The molecule has 1 aromatic carbocycles. The zero-order chi connectivity index (χ0) is 25.7. The van der Waals surface area contributed by atoms with Gasteiger partial charge in [0, 0.05) is 11.6 Å². The molecule has 1 aromatic rings. The number of benzene rings is 1. The fraction of sp³-hybridized carbons (Fsp3) is 0.640. The number of aliphatic hydroxyl groups is 1. The lowest BCUT2D eigenvalue weighted by atomic mass is 9.96. The third-order valence-electron chi connectivity index (χ3n) is 4.85. The van der Waals surface area contributed by atoms with Crippen LogP contribution >= 0.6 is 0 Å². The molecule has 3 amide bonds. The van der Waals surface area contributed by atoms with Crippen LogP contribution in [0.15, 0.2) is 18.2 Å². The van der Waals surface area contributed by atoms with Crippen LogP contribution in [-0.4, -0.2) is 57.7 Å². The standard InChI is InChI=1S/C25H41N3O5/c1-15(2)28(22(31)19(14-29)26-23(32)33-25(8,9)10)20(21(30)27-24(5,6)7)18-12-11-16(3)17(4)13-18/h11-13,15,19-20,29H,14H2,1-10H3,(H,26,32)(H,27,30). The third-order valence-corrected chi connectivity index (χ3v) is 4.85. The summed E-state index contributed by atoms with van der Waals surface area (Å²) in [5.41, 5.74) is 1.42. The number of hydrogen-bond donors (Lipinski definition) is 3. The second kappa shape index (κ2) is 11.0. The number of aliphatic hydroxyl groups excluding tert-OH is 1. The Morgan fingerprint density at radius 3 is 2.03 bits per heavy atom. The molecular formula is C25H41N3O5. The van der Waals surface area contributed by atoms with Crippen LogP contribution in [0.3, 0.4) is 0 Å². The fourth-order valence-electron chi connectivity index (χ4n) is 3.31. The number of aryl methyl sites for hydroxylation is 2. The van der Waals surface area contributed by atoms with E-state index in [0.29, 0.717) is 5.56 Å². The van der Waals surface area contributed by atoms with Crippen molar-refractivity contribution in [2.45, 2.75) is 98.5 Å². The molecule has 186 valence electrons. The Morgan fingerprint density at radius 2 is 1.61 bits per heavy atom. The number of carbonyl (C=O) groups excluding carboxylic acids is 3. The average Bonchev–Trinajstić information content (AvgIpc) is 2.62. The maximum atomic E-state index is 13.6. The molecule has 3 N–H and O–H groups in total. The summed E-state index contributed by atoms with van der Waals surface area (Å²) in [6.07, 6.45) is -0.819. The van der Waals surface area contributed by atoms with Crippen LogP contribution in [0.2, 0.25) is 0 Å². The summed E-state index contributed by atoms with van der Waals surface area (Å²) in [7, 11) is 0. The van der Waals surface area contributed by atoms with Crippen molar-refractivity contribution >= 4 is 17.9 Å². The normalized spacial score (nSPS) is 13.8. The van der Waals surface area contributed by atoms with E-state index in [-0.39, 0.29) is 5.91 Å². The van der Waals surface area contributed by atoms with Gasteiger partial charge in [-0.25, -0.2) is 4.79 Å². The molecule has 8 heteroatoms. The van der Waals surface area contributed by atoms with E-state index in [2.05, 4.69) is 10.6 Å². The van der Waals surface area contributed by atoms with E-state index in [1.165, 1.54) is 4.90 Å². The SMILES string of the molecule is Cc1ccc(C(C(=O)NC(C)(C)C)N(C(=O)C(CO)NC(=O)OC(C)(C)C)C(C)C)cc1C. The van der Waals surface area contributed by atoms with Crippen LogP contribution in [0.25, 0.3) is 0 Å². The zero-order valence-corrected chi connectivity index (χ0v) is 21.7. The second-order valence-electron chi connectivity index (χ2n) is 10.7. The molecule has 2 unspecified atom stereocenters. The third kappa shape index (κ3) is 8.68. The van der Waals surface area contributed by atoms with Gasteiger partial charge in [0.15, 0.2) is 0 Å². The van der Waals surface area contributed by atoms with Crippen molar-refractivity contribution in [2.75, 3.05) is 6.61 Å². The van der Waals surface area contributed by atoms with Crippen LogP contribution < -0.4 is 10.6 Å². The average molecular weight is 464 g/mol. The van der Waals surface area contributed by atoms with Crippen molar-refractivity contribution in [3.63, 3.8) is 0 Å². The minimum absolute atomic E-state index is 0.346. The maximum absolute atomic E-state index is 13.6. The first-order chi connectivity index (χ1) is 15.0. The molecule has 0 heterocycles. The molecule has 0 aliphatic carbocycles. The maximum Gasteiger partial charge on any atom is 0.408 e. The molecule has 33 heavy (non-hydrogen) atoms. The minimum atomic E-state index is -1.27. The van der Waals surface area contributed by atoms with Gasteiger partial charge in [-0.1, -0.05) is 18.2 Å². The number of hydrogen-bond acceptors (Lipinski definition) is 5. The Balaban J connectivity index is 3.44. The van der Waals surface area contributed by atoms with Gasteiger partial charge in [0.2, 0.25) is 11.8 Å². The van der Waals surface area contributed by atoms with Crippen LogP contribution in [0.1, 0.15) is 78.1 Å². The van der Waals surface area contributed by atoms with Crippen LogP contribution in [0.5, 0.6) is 0 Å². The number of amides is 3. The van der Waals surface area contributed by atoms with E-state index in [0.717, 1.165) is 11.1 Å². The van der Waals surface area contributed by atoms with E-state index in [1.807, 2.05) is 52.8 Å². The number of ether oxygens (including phenoxy) is 1. The van der Waals surface area contributed by atoms with Crippen LogP contribution in [0.4, 0.5) is 4.79 Å². The van der Waals surface area contributed by atoms with Gasteiger partial charge in [-0.05, 0) is 85.9 Å². The Hall–Kier alpha value is -2.61. The number of nitrogens with zero attached hydrogens (tertiary/aromatic N) is 1. The van der Waals surface area contributed by atoms with Crippen molar-refractivity contribution in [2.24, 2.45) is 0 Å². The first-order valence-electron chi connectivity index (χ1n) is 11.3. The summed E-state index contributed by atoms with van der Waals surface area (Å²) < 4.78 is 5.24. The van der Waals surface area contributed by atoms with Gasteiger partial charge < -0.3 is 25.4 Å². The minimum Gasteiger partial charge on any atom is -0.444 e. The molecule has 1 rings (SSSR count). The number of rotatable bonds is 7. The molecule has 0 saturated heterocycles. The van der Waals surface area contributed by atoms with E-state index < -0.39 is 47.9 Å². The molecule has 0 aliphatic heterocycles. The number of alkyl carbamates (subject to hydrolysis) is 1. The summed E-state index contributed by atoms with van der Waals surface area (Å²) in [6, 6.07) is 3.01. The summed E-state index contributed by atoms with van der Waals surface area (Å²) in [5.74, 6) is -0.924. The Kier molecular flexibility index (Phi) is 9.48. The molecule has 0 saturated carbocycles. The highest BCUT2D eigenvalue weighted by atomic mass is 16.6. The summed E-state index contributed by atoms with van der Waals surface area (Å²) >= 11 is 0. The quantitative estimate of drug-likeness (QED) is 0.575. The molecular weight excluding hydrogens is 422 g/mol. The molecule has 0 radical (unpaired) electrons. The smallest absolute Gasteiger partial charge is 0.408 e. The van der Waals surface area contributed by atoms with Gasteiger partial charge in [-0.3, -0.25) is 9.59 Å². The van der Waals surface area contributed by atoms with Crippen molar-refractivity contribution in [3.8, 4) is 0 Å². The van der Waals surface area contributed by atoms with E-state index >= 15 is 0 Å². The van der Waals surface area contributed by atoms with E-state index in [9.17, 15) is 19.5 Å². The Bertz CT molecular complexity index is 853. The topological polar surface area (TPSA) is 108 Å². The Labute approximate surface area is 198 Å². The fourth-order valence-corrected chi connectivity index (χ4v) is 3.31. The van der Waals surface area contributed by atoms with Gasteiger partial charge in [0.05, 0.1) is 6.61 Å². The zero-order valence-electron chi connectivity index (χ0n) is 21.7. The molecule has 0 spiro atoms. The van der Waals surface area contributed by atoms with Gasteiger partial charge in [-0.2, -0.15) is 0 Å². The van der Waals surface area contributed by atoms with Gasteiger partial charge in [0.1, 0.15) is 17.7 Å². The van der Waals surface area contributed by atoms with Gasteiger partial charge >= 0.3 is 6.09 Å². The highest BCUT2D eigenvalue weighted by Crippen LogP contribution is 2.27. The monoisotopic (exact) mass is 463 g/mol. The molecule has 2 atom stereocenters. The summed E-state index contributed by atoms with van der Waals surface area (Å²) in [4.78, 5) is 40.7. The van der Waals surface area contributed by atoms with Crippen LogP contribution in [-0.2, 0) is 14.3 Å². The van der Waals surface area contributed by atoms with E-state index in [1.54, 1.807) is 34.6 Å². The van der Waals surface area contributed by atoms with Crippen LogP contribution in [0, 0.1) is 13.8 Å². The van der Waals surface area contributed by atoms with Crippen molar-refractivity contribution in [1.29, 1.82) is 0 Å². The molecule has 8 nitrogen and oxygen atoms in total. The number of carbonyl (C=O) groups is 3. The lowest BCUT2D eigenvalue weighted by Crippen LogP contribution is -2.57. The van der Waals surface area contributed by atoms with Crippen molar-refractivity contribution in [1.82, 2.24) is 15.5 Å². The molecule has 0 bridgehead atoms. The summed E-state index contributed by atoms with van der Waals surface area (Å²) in [5, 5.41) is 15.3. The second-order valence-corrected chi connectivity index (χ2v) is 10.7.